The SMILES string of the molecule is CCOC(=O)c1ccc(NC(=O)/C(C#N)=C/c2cc(I)c(OC(C)C)c(OCC)c2)cc1. The van der Waals surface area contributed by atoms with E-state index in [0.717, 1.165) is 3.57 Å². The molecule has 2 rings (SSSR count). The molecular weight excluding hydrogens is 523 g/mol. The quantitative estimate of drug-likeness (QED) is 0.200. The van der Waals surface area contributed by atoms with Gasteiger partial charge in [0.2, 0.25) is 0 Å². The Labute approximate surface area is 201 Å². The number of carbonyl (C=O) groups is 2. The molecule has 0 fully saturated rings. The molecule has 32 heavy (non-hydrogen) atoms. The Bertz CT molecular complexity index is 1040. The van der Waals surface area contributed by atoms with E-state index < -0.39 is 11.9 Å². The van der Waals surface area contributed by atoms with Crippen LogP contribution >= 0.6 is 22.6 Å². The Morgan fingerprint density at radius 2 is 1.84 bits per heavy atom. The van der Waals surface area contributed by atoms with Crippen LogP contribution in [-0.2, 0) is 9.53 Å². The van der Waals surface area contributed by atoms with Crippen LogP contribution in [0.5, 0.6) is 11.5 Å². The molecule has 0 radical (unpaired) electrons. The summed E-state index contributed by atoms with van der Waals surface area (Å²) in [6, 6.07) is 11.7. The number of nitrogens with one attached hydrogen (secondary N) is 1. The van der Waals surface area contributed by atoms with Gasteiger partial charge < -0.3 is 19.5 Å². The number of ether oxygens (including phenoxy) is 3. The van der Waals surface area contributed by atoms with Crippen molar-refractivity contribution in [1.29, 1.82) is 5.26 Å². The molecule has 0 atom stereocenters. The van der Waals surface area contributed by atoms with Gasteiger partial charge in [0.1, 0.15) is 11.6 Å². The highest BCUT2D eigenvalue weighted by atomic mass is 127. The smallest absolute Gasteiger partial charge is 0.338 e. The minimum atomic E-state index is -0.563. The van der Waals surface area contributed by atoms with E-state index in [2.05, 4.69) is 27.9 Å². The summed E-state index contributed by atoms with van der Waals surface area (Å²) in [6.45, 7) is 8.18. The first kappa shape index (κ1) is 25.2. The molecule has 1 amide bonds. The van der Waals surface area contributed by atoms with Gasteiger partial charge in [-0.15, -0.1) is 0 Å². The number of amides is 1. The second-order valence-electron chi connectivity index (χ2n) is 6.85. The third kappa shape index (κ3) is 6.99. The van der Waals surface area contributed by atoms with Gasteiger partial charge in [0.05, 0.1) is 28.5 Å². The predicted octanol–water partition coefficient (Wildman–Crippen LogP) is 5.20. The molecule has 0 saturated heterocycles. The maximum absolute atomic E-state index is 12.6. The summed E-state index contributed by atoms with van der Waals surface area (Å²) in [5.41, 5.74) is 1.39. The molecular formula is C24H25IN2O5. The fourth-order valence-electron chi connectivity index (χ4n) is 2.70. The van der Waals surface area contributed by atoms with Crippen LogP contribution in [0.15, 0.2) is 42.0 Å². The highest BCUT2D eigenvalue weighted by Crippen LogP contribution is 2.35. The van der Waals surface area contributed by atoms with Gasteiger partial charge in [0.15, 0.2) is 11.5 Å². The standard InChI is InChI=1S/C24H25IN2O5/c1-5-30-21-13-16(12-20(25)22(21)32-15(3)4)11-18(14-26)23(28)27-19-9-7-17(8-10-19)24(29)31-6-2/h7-13,15H,5-6H2,1-4H3,(H,27,28)/b18-11+. The summed E-state index contributed by atoms with van der Waals surface area (Å²) in [4.78, 5) is 24.4. The van der Waals surface area contributed by atoms with Gasteiger partial charge in [-0.2, -0.15) is 5.26 Å². The summed E-state index contributed by atoms with van der Waals surface area (Å²) in [5.74, 6) is 0.176. The highest BCUT2D eigenvalue weighted by molar-refractivity contribution is 14.1. The molecule has 0 spiro atoms. The van der Waals surface area contributed by atoms with Gasteiger partial charge in [-0.25, -0.2) is 4.79 Å². The van der Waals surface area contributed by atoms with Gasteiger partial charge in [-0.1, -0.05) is 0 Å². The lowest BCUT2D eigenvalue weighted by Crippen LogP contribution is -2.14. The molecule has 2 aromatic carbocycles. The lowest BCUT2D eigenvalue weighted by molar-refractivity contribution is -0.112. The molecule has 0 bridgehead atoms. The molecule has 0 unspecified atom stereocenters. The van der Waals surface area contributed by atoms with E-state index in [9.17, 15) is 14.9 Å². The third-order valence-electron chi connectivity index (χ3n) is 4.02. The molecule has 8 heteroatoms. The third-order valence-corrected chi connectivity index (χ3v) is 4.82. The summed E-state index contributed by atoms with van der Waals surface area (Å²) < 4.78 is 17.3. The largest absolute Gasteiger partial charge is 0.490 e. The molecule has 0 aliphatic rings. The van der Waals surface area contributed by atoms with Crippen LogP contribution < -0.4 is 14.8 Å². The Morgan fingerprint density at radius 1 is 1.16 bits per heavy atom. The molecule has 0 heterocycles. The monoisotopic (exact) mass is 548 g/mol. The lowest BCUT2D eigenvalue weighted by Gasteiger charge is -2.17. The Balaban J connectivity index is 2.25. The summed E-state index contributed by atoms with van der Waals surface area (Å²) in [7, 11) is 0. The fourth-order valence-corrected chi connectivity index (χ4v) is 3.45. The Morgan fingerprint density at radius 3 is 2.41 bits per heavy atom. The lowest BCUT2D eigenvalue weighted by atomic mass is 10.1. The van der Waals surface area contributed by atoms with Gasteiger partial charge in [0.25, 0.3) is 5.91 Å². The zero-order valence-electron chi connectivity index (χ0n) is 18.4. The number of rotatable bonds is 9. The van der Waals surface area contributed by atoms with Crippen molar-refractivity contribution < 1.29 is 23.8 Å². The van der Waals surface area contributed by atoms with Crippen LogP contribution in [0.2, 0.25) is 0 Å². The highest BCUT2D eigenvalue weighted by Gasteiger charge is 2.15. The Kier molecular flexibility index (Phi) is 9.53. The van der Waals surface area contributed by atoms with Crippen molar-refractivity contribution in [1.82, 2.24) is 0 Å². The van der Waals surface area contributed by atoms with Gasteiger partial charge >= 0.3 is 5.97 Å². The number of nitrogens with zero attached hydrogens (tertiary/aromatic N) is 1. The zero-order valence-corrected chi connectivity index (χ0v) is 20.6. The molecule has 2 aromatic rings. The van der Waals surface area contributed by atoms with E-state index in [1.54, 1.807) is 37.3 Å². The van der Waals surface area contributed by atoms with Crippen molar-refractivity contribution in [2.75, 3.05) is 18.5 Å². The van der Waals surface area contributed by atoms with E-state index in [1.165, 1.54) is 6.08 Å². The van der Waals surface area contributed by atoms with Crippen molar-refractivity contribution in [3.05, 3.63) is 56.7 Å². The maximum atomic E-state index is 12.6. The number of carbonyl (C=O) groups excluding carboxylic acids is 2. The van der Waals surface area contributed by atoms with Crippen LogP contribution in [0.4, 0.5) is 5.69 Å². The average molecular weight is 548 g/mol. The fraction of sp³-hybridized carbons (Fsp3) is 0.292. The van der Waals surface area contributed by atoms with Crippen LogP contribution in [0.3, 0.4) is 0 Å². The van der Waals surface area contributed by atoms with E-state index >= 15 is 0 Å². The second-order valence-corrected chi connectivity index (χ2v) is 8.01. The van der Waals surface area contributed by atoms with E-state index in [0.29, 0.717) is 34.9 Å². The van der Waals surface area contributed by atoms with Crippen molar-refractivity contribution in [2.45, 2.75) is 33.8 Å². The van der Waals surface area contributed by atoms with E-state index in [1.807, 2.05) is 32.9 Å². The maximum Gasteiger partial charge on any atom is 0.338 e. The molecule has 0 aliphatic carbocycles. The van der Waals surface area contributed by atoms with Crippen molar-refractivity contribution >= 4 is 46.2 Å². The van der Waals surface area contributed by atoms with Crippen LogP contribution in [-0.4, -0.2) is 31.2 Å². The first-order chi connectivity index (χ1) is 15.3. The summed E-state index contributed by atoms with van der Waals surface area (Å²) in [5, 5.41) is 12.2. The predicted molar refractivity (Wildman–Crippen MR) is 131 cm³/mol. The van der Waals surface area contributed by atoms with E-state index in [-0.39, 0.29) is 18.3 Å². The van der Waals surface area contributed by atoms with E-state index in [4.69, 9.17) is 14.2 Å². The molecule has 0 aromatic heterocycles. The molecule has 0 aliphatic heterocycles. The number of halogens is 1. The number of nitriles is 1. The van der Waals surface area contributed by atoms with Crippen LogP contribution in [0, 0.1) is 14.9 Å². The van der Waals surface area contributed by atoms with Crippen LogP contribution in [0.25, 0.3) is 6.08 Å². The first-order valence-electron chi connectivity index (χ1n) is 10.1. The van der Waals surface area contributed by atoms with Gasteiger partial charge in [-0.3, -0.25) is 4.79 Å². The Hall–Kier alpha value is -3.06. The van der Waals surface area contributed by atoms with Crippen molar-refractivity contribution in [2.24, 2.45) is 0 Å². The zero-order chi connectivity index (χ0) is 23.7. The molecule has 168 valence electrons. The number of hydrogen-bond donors (Lipinski definition) is 1. The topological polar surface area (TPSA) is 97.7 Å². The number of benzene rings is 2. The number of anilines is 1. The second kappa shape index (κ2) is 12.1. The minimum Gasteiger partial charge on any atom is -0.490 e. The van der Waals surface area contributed by atoms with Crippen LogP contribution in [0.1, 0.15) is 43.6 Å². The first-order valence-corrected chi connectivity index (χ1v) is 11.2. The molecule has 1 N–H and O–H groups in total. The van der Waals surface area contributed by atoms with Gasteiger partial charge in [-0.05, 0) is 98.3 Å². The van der Waals surface area contributed by atoms with Crippen molar-refractivity contribution in [3.8, 4) is 17.6 Å². The summed E-state index contributed by atoms with van der Waals surface area (Å²) >= 11 is 2.14. The molecule has 7 nitrogen and oxygen atoms in total. The summed E-state index contributed by atoms with van der Waals surface area (Å²) in [6.07, 6.45) is 1.46. The average Bonchev–Trinajstić information content (AvgIpc) is 2.75. The number of esters is 1. The van der Waals surface area contributed by atoms with Crippen molar-refractivity contribution in [3.63, 3.8) is 0 Å². The minimum absolute atomic E-state index is 0.0280. The normalized spacial score (nSPS) is 11.0. The number of hydrogen-bond acceptors (Lipinski definition) is 6. The molecule has 0 saturated carbocycles. The van der Waals surface area contributed by atoms with Gasteiger partial charge in [0, 0.05) is 5.69 Å².